The van der Waals surface area contributed by atoms with Gasteiger partial charge >= 0.3 is 0 Å². The third-order valence-electron chi connectivity index (χ3n) is 4.25. The normalized spacial score (nSPS) is 11.8. The van der Waals surface area contributed by atoms with Gasteiger partial charge in [0.1, 0.15) is 11.5 Å². The Balaban J connectivity index is 2.39. The third-order valence-corrected chi connectivity index (χ3v) is 7.60. The minimum absolute atomic E-state index is 0.00336. The van der Waals surface area contributed by atoms with E-state index in [2.05, 4.69) is 63.7 Å². The van der Waals surface area contributed by atoms with Crippen molar-refractivity contribution < 1.29 is 23.2 Å². The van der Waals surface area contributed by atoms with Gasteiger partial charge in [0, 0.05) is 5.92 Å². The lowest BCUT2D eigenvalue weighted by Crippen LogP contribution is -2.10. The number of hydrogen-bond donors (Lipinski definition) is 3. The summed E-state index contributed by atoms with van der Waals surface area (Å²) in [6, 6.07) is 12.8. The zero-order valence-corrected chi connectivity index (χ0v) is 21.4. The first-order chi connectivity index (χ1) is 13.5. The molecule has 152 valence electrons. The lowest BCUT2D eigenvalue weighted by molar-refractivity contribution is 0.467. The van der Waals surface area contributed by atoms with Gasteiger partial charge in [0.2, 0.25) is 0 Å². The monoisotopic (exact) mass is 668 g/mol. The molecule has 3 rings (SSSR count). The summed E-state index contributed by atoms with van der Waals surface area (Å²) in [4.78, 5) is -0.231. The van der Waals surface area contributed by atoms with E-state index < -0.39 is 16.0 Å². The standard InChI is InChI=1S/C19H12Br4O5S/c20-12-5-9(6-13(21)18(12)24)17(10-7-14(22)19(25)15(23)8-10)11-3-1-2-4-16(11)29(26,27)28/h1-8,17,24-25H,(H,26,27,28). The second-order valence-electron chi connectivity index (χ2n) is 6.11. The Labute approximate surface area is 201 Å². The van der Waals surface area contributed by atoms with Gasteiger partial charge in [-0.2, -0.15) is 8.42 Å². The van der Waals surface area contributed by atoms with E-state index >= 15 is 0 Å². The van der Waals surface area contributed by atoms with Gasteiger partial charge in [0.25, 0.3) is 10.1 Å². The summed E-state index contributed by atoms with van der Waals surface area (Å²) in [6.45, 7) is 0. The van der Waals surface area contributed by atoms with E-state index in [9.17, 15) is 23.2 Å². The summed E-state index contributed by atoms with van der Waals surface area (Å²) < 4.78 is 35.5. The average molecular weight is 672 g/mol. The number of aromatic hydroxyl groups is 2. The van der Waals surface area contributed by atoms with Gasteiger partial charge in [0.05, 0.1) is 22.8 Å². The fraction of sp³-hybridized carbons (Fsp3) is 0.0526. The molecule has 0 amide bonds. The van der Waals surface area contributed by atoms with Crippen LogP contribution < -0.4 is 0 Å². The summed E-state index contributed by atoms with van der Waals surface area (Å²) in [5.74, 6) is -0.637. The molecule has 5 nitrogen and oxygen atoms in total. The van der Waals surface area contributed by atoms with Crippen LogP contribution in [0.1, 0.15) is 22.6 Å². The maximum atomic E-state index is 12.0. The molecule has 0 aliphatic rings. The van der Waals surface area contributed by atoms with Crippen LogP contribution in [0.15, 0.2) is 71.3 Å². The summed E-state index contributed by atoms with van der Waals surface area (Å²) in [7, 11) is -4.50. The lowest BCUT2D eigenvalue weighted by atomic mass is 9.85. The van der Waals surface area contributed by atoms with E-state index in [-0.39, 0.29) is 16.4 Å². The minimum Gasteiger partial charge on any atom is -0.506 e. The van der Waals surface area contributed by atoms with Crippen molar-refractivity contribution in [3.05, 3.63) is 83.1 Å². The van der Waals surface area contributed by atoms with E-state index in [0.29, 0.717) is 34.6 Å². The second kappa shape index (κ2) is 8.68. The van der Waals surface area contributed by atoms with Crippen molar-refractivity contribution >= 4 is 73.8 Å². The molecule has 0 saturated heterocycles. The van der Waals surface area contributed by atoms with Gasteiger partial charge in [-0.15, -0.1) is 0 Å². The van der Waals surface area contributed by atoms with Crippen LogP contribution in [0, 0.1) is 0 Å². The number of benzene rings is 3. The Hall–Kier alpha value is -0.910. The van der Waals surface area contributed by atoms with Crippen molar-refractivity contribution in [2.24, 2.45) is 0 Å². The molecular formula is C19H12Br4O5S. The van der Waals surface area contributed by atoms with Crippen LogP contribution in [-0.4, -0.2) is 23.2 Å². The zero-order chi connectivity index (χ0) is 21.5. The van der Waals surface area contributed by atoms with Gasteiger partial charge in [-0.1, -0.05) is 18.2 Å². The predicted octanol–water partition coefficient (Wildman–Crippen LogP) is 6.57. The molecule has 3 aromatic carbocycles. The highest BCUT2D eigenvalue weighted by atomic mass is 79.9. The van der Waals surface area contributed by atoms with Gasteiger partial charge < -0.3 is 10.2 Å². The molecule has 0 saturated carbocycles. The van der Waals surface area contributed by atoms with Crippen LogP contribution in [0.2, 0.25) is 0 Å². The van der Waals surface area contributed by atoms with Gasteiger partial charge in [0.15, 0.2) is 0 Å². The van der Waals surface area contributed by atoms with Crippen molar-refractivity contribution in [2.45, 2.75) is 10.8 Å². The number of phenolic OH excluding ortho intramolecular Hbond substituents is 2. The van der Waals surface area contributed by atoms with Crippen molar-refractivity contribution in [3.63, 3.8) is 0 Å². The molecule has 10 heteroatoms. The quantitative estimate of drug-likeness (QED) is 0.215. The molecule has 0 aromatic heterocycles. The summed E-state index contributed by atoms with van der Waals surface area (Å²) in [6.07, 6.45) is 0. The molecule has 0 atom stereocenters. The first-order valence-corrected chi connectivity index (χ1v) is 12.5. The topological polar surface area (TPSA) is 94.8 Å². The molecule has 0 aliphatic carbocycles. The minimum atomic E-state index is -4.50. The Morgan fingerprint density at radius 3 is 1.48 bits per heavy atom. The molecule has 0 spiro atoms. The zero-order valence-electron chi connectivity index (χ0n) is 14.3. The Morgan fingerprint density at radius 2 is 1.10 bits per heavy atom. The molecule has 29 heavy (non-hydrogen) atoms. The molecule has 0 aliphatic heterocycles. The molecule has 0 bridgehead atoms. The first kappa shape index (κ1) is 22.8. The number of rotatable bonds is 4. The molecule has 3 N–H and O–H groups in total. The summed E-state index contributed by atoms with van der Waals surface area (Å²) in [5.41, 5.74) is 1.62. The fourth-order valence-electron chi connectivity index (χ4n) is 3.01. The molecular weight excluding hydrogens is 660 g/mol. The molecule has 3 aromatic rings. The lowest BCUT2D eigenvalue weighted by Gasteiger charge is -2.22. The SMILES string of the molecule is O=S(=O)(O)c1ccccc1C(c1cc(Br)c(O)c(Br)c1)c1cc(Br)c(O)c(Br)c1. The Kier molecular flexibility index (Phi) is 6.82. The van der Waals surface area contributed by atoms with E-state index in [1.807, 2.05) is 0 Å². The predicted molar refractivity (Wildman–Crippen MR) is 124 cm³/mol. The van der Waals surface area contributed by atoms with Crippen LogP contribution in [0.4, 0.5) is 0 Å². The number of hydrogen-bond acceptors (Lipinski definition) is 4. The largest absolute Gasteiger partial charge is 0.506 e. The van der Waals surface area contributed by atoms with Crippen LogP contribution in [0.5, 0.6) is 11.5 Å². The molecule has 0 heterocycles. The van der Waals surface area contributed by atoms with Gasteiger partial charge in [-0.05, 0) is 111 Å². The smallest absolute Gasteiger partial charge is 0.294 e. The number of halogens is 4. The summed E-state index contributed by atoms with van der Waals surface area (Å²) >= 11 is 13.2. The highest BCUT2D eigenvalue weighted by molar-refractivity contribution is 9.11. The summed E-state index contributed by atoms with van der Waals surface area (Å²) in [5, 5.41) is 20.2. The molecule has 0 radical (unpaired) electrons. The van der Waals surface area contributed by atoms with Gasteiger partial charge in [-0.25, -0.2) is 0 Å². The molecule has 0 unspecified atom stereocenters. The fourth-order valence-corrected chi connectivity index (χ4v) is 6.19. The maximum absolute atomic E-state index is 12.0. The third kappa shape index (κ3) is 4.72. The average Bonchev–Trinajstić information content (AvgIpc) is 2.64. The van der Waals surface area contributed by atoms with Crippen LogP contribution >= 0.6 is 63.7 Å². The highest BCUT2D eigenvalue weighted by Crippen LogP contribution is 2.44. The first-order valence-electron chi connectivity index (χ1n) is 7.93. The van der Waals surface area contributed by atoms with Crippen LogP contribution in [0.25, 0.3) is 0 Å². The maximum Gasteiger partial charge on any atom is 0.294 e. The van der Waals surface area contributed by atoms with E-state index in [1.165, 1.54) is 12.1 Å². The van der Waals surface area contributed by atoms with E-state index in [4.69, 9.17) is 0 Å². The Bertz CT molecular complexity index is 1110. The van der Waals surface area contributed by atoms with Crippen molar-refractivity contribution in [2.75, 3.05) is 0 Å². The molecule has 0 fully saturated rings. The van der Waals surface area contributed by atoms with E-state index in [1.54, 1.807) is 36.4 Å². The number of phenols is 2. The Morgan fingerprint density at radius 1 is 0.724 bits per heavy atom. The van der Waals surface area contributed by atoms with Gasteiger partial charge in [-0.3, -0.25) is 4.55 Å². The van der Waals surface area contributed by atoms with Crippen molar-refractivity contribution in [3.8, 4) is 11.5 Å². The van der Waals surface area contributed by atoms with Crippen LogP contribution in [0.3, 0.4) is 0 Å². The second-order valence-corrected chi connectivity index (χ2v) is 10.9. The van der Waals surface area contributed by atoms with Crippen molar-refractivity contribution in [1.29, 1.82) is 0 Å². The highest BCUT2D eigenvalue weighted by Gasteiger charge is 2.27. The van der Waals surface area contributed by atoms with E-state index in [0.717, 1.165) is 0 Å². The van der Waals surface area contributed by atoms with Crippen LogP contribution in [-0.2, 0) is 10.1 Å². The van der Waals surface area contributed by atoms with Crippen molar-refractivity contribution in [1.82, 2.24) is 0 Å².